The number of nitrogens with zero attached hydrogens (tertiary/aromatic N) is 6. The van der Waals surface area contributed by atoms with Gasteiger partial charge in [0.05, 0.1) is 35.6 Å². The molecule has 3 aromatic rings. The summed E-state index contributed by atoms with van der Waals surface area (Å²) < 4.78 is 8.51. The van der Waals surface area contributed by atoms with Crippen molar-refractivity contribution in [2.75, 3.05) is 19.7 Å². The number of ether oxygens (including phenoxy) is 1. The van der Waals surface area contributed by atoms with Gasteiger partial charge >= 0.3 is 0 Å². The third kappa shape index (κ3) is 5.02. The van der Waals surface area contributed by atoms with Crippen LogP contribution in [0.1, 0.15) is 38.7 Å². The highest BCUT2D eigenvalue weighted by Gasteiger charge is 2.78. The van der Waals surface area contributed by atoms with Gasteiger partial charge in [-0.3, -0.25) is 14.4 Å². The molecule has 0 saturated carbocycles. The Morgan fingerprint density at radius 1 is 1.07 bits per heavy atom. The summed E-state index contributed by atoms with van der Waals surface area (Å²) in [4.78, 5) is 48.8. The maximum atomic E-state index is 14.8. The molecule has 0 radical (unpaired) electrons. The van der Waals surface area contributed by atoms with Gasteiger partial charge in [-0.25, -0.2) is 4.68 Å². The SMILES string of the molecule is C=CCN(Cn1nnc2ccccc21)C(=O)C1N([C@@H](CC)CO)C(=O)[C@@H]2[C@H](C(=O)N(CC=C)Cc3ccccc3)[C@]3(C)CCC12O3. The van der Waals surface area contributed by atoms with Crippen molar-refractivity contribution >= 4 is 28.8 Å². The first kappa shape index (κ1) is 31.6. The highest BCUT2D eigenvalue weighted by molar-refractivity contribution is 5.99. The van der Waals surface area contributed by atoms with E-state index in [1.165, 1.54) is 4.90 Å². The molecule has 3 fully saturated rings. The molecule has 3 aliphatic rings. The van der Waals surface area contributed by atoms with Crippen LogP contribution in [0.4, 0.5) is 0 Å². The van der Waals surface area contributed by atoms with Gasteiger partial charge in [0.25, 0.3) is 0 Å². The first-order valence-electron chi connectivity index (χ1n) is 16.0. The highest BCUT2D eigenvalue weighted by atomic mass is 16.5. The number of hydrogen-bond acceptors (Lipinski definition) is 7. The van der Waals surface area contributed by atoms with Gasteiger partial charge in [-0.05, 0) is 43.9 Å². The second-order valence-corrected chi connectivity index (χ2v) is 12.8. The van der Waals surface area contributed by atoms with Crippen molar-refractivity contribution in [1.29, 1.82) is 0 Å². The molecule has 1 aromatic heterocycles. The van der Waals surface area contributed by atoms with Crippen LogP contribution in [-0.2, 0) is 32.3 Å². The van der Waals surface area contributed by atoms with Gasteiger partial charge < -0.3 is 24.5 Å². The fourth-order valence-corrected chi connectivity index (χ4v) is 7.94. The number of para-hydroxylation sites is 1. The predicted octanol–water partition coefficient (Wildman–Crippen LogP) is 3.15. The van der Waals surface area contributed by atoms with E-state index in [0.717, 1.165) is 11.1 Å². The van der Waals surface area contributed by atoms with Crippen LogP contribution in [0.15, 0.2) is 79.9 Å². The number of fused-ring (bicyclic) bond motifs is 2. The molecule has 242 valence electrons. The number of likely N-dealkylation sites (tertiary alicyclic amines) is 1. The Labute approximate surface area is 269 Å². The standard InChI is InChI=1S/C35H42N6O5/c1-5-19-38(21-24-13-9-8-10-14-24)31(43)28-29-32(44)41(25(7-3)22-42)30(35(29)18-17-34(28,4)46-35)33(45)39(20-6-2)23-40-27-16-12-11-15-26(27)36-37-40/h5-6,8-16,25,28-30,42H,1-2,7,17-23H2,3-4H3/t25-,28+,29-,30?,34-,35?/m0/s1. The average molecular weight is 627 g/mol. The number of aliphatic hydroxyl groups is 1. The minimum atomic E-state index is -1.23. The number of carbonyl (C=O) groups excluding carboxylic acids is 3. The van der Waals surface area contributed by atoms with E-state index in [1.807, 2.05) is 68.4 Å². The van der Waals surface area contributed by atoms with Crippen LogP contribution in [0.2, 0.25) is 0 Å². The molecule has 3 aliphatic heterocycles. The molecule has 2 bridgehead atoms. The fraction of sp³-hybridized carbons (Fsp3) is 0.457. The van der Waals surface area contributed by atoms with Crippen LogP contribution in [0.25, 0.3) is 11.0 Å². The summed E-state index contributed by atoms with van der Waals surface area (Å²) in [5.41, 5.74) is 0.245. The number of aromatic nitrogens is 3. The lowest BCUT2D eigenvalue weighted by molar-refractivity contribution is -0.157. The van der Waals surface area contributed by atoms with Crippen molar-refractivity contribution in [3.05, 3.63) is 85.5 Å². The molecule has 3 amide bonds. The summed E-state index contributed by atoms with van der Waals surface area (Å²) in [5.74, 6) is -2.56. The van der Waals surface area contributed by atoms with Crippen molar-refractivity contribution in [3.63, 3.8) is 0 Å². The largest absolute Gasteiger partial charge is 0.394 e. The second-order valence-electron chi connectivity index (χ2n) is 12.8. The molecule has 2 aromatic carbocycles. The minimum absolute atomic E-state index is 0.0738. The van der Waals surface area contributed by atoms with Gasteiger partial charge in [0.1, 0.15) is 23.8 Å². The summed E-state index contributed by atoms with van der Waals surface area (Å²) >= 11 is 0. The van der Waals surface area contributed by atoms with Crippen molar-refractivity contribution in [1.82, 2.24) is 29.7 Å². The Morgan fingerprint density at radius 3 is 2.46 bits per heavy atom. The fourth-order valence-electron chi connectivity index (χ4n) is 7.94. The number of amides is 3. The zero-order valence-electron chi connectivity index (χ0n) is 26.5. The lowest BCUT2D eigenvalue weighted by Crippen LogP contribution is -2.59. The Hall–Kier alpha value is -4.35. The molecular formula is C35H42N6O5. The topological polar surface area (TPSA) is 121 Å². The maximum absolute atomic E-state index is 14.8. The Morgan fingerprint density at radius 2 is 1.76 bits per heavy atom. The van der Waals surface area contributed by atoms with Crippen molar-refractivity contribution in [3.8, 4) is 0 Å². The lowest BCUT2D eigenvalue weighted by atomic mass is 9.66. The van der Waals surface area contributed by atoms with Gasteiger partial charge in [0, 0.05) is 19.6 Å². The second kappa shape index (κ2) is 12.4. The van der Waals surface area contributed by atoms with Gasteiger partial charge in [-0.1, -0.05) is 66.8 Å². The Kier molecular flexibility index (Phi) is 8.56. The van der Waals surface area contributed by atoms with Crippen LogP contribution < -0.4 is 0 Å². The molecule has 0 aliphatic carbocycles. The van der Waals surface area contributed by atoms with Crippen molar-refractivity contribution in [2.24, 2.45) is 11.8 Å². The Bertz CT molecular complexity index is 1640. The summed E-state index contributed by atoms with van der Waals surface area (Å²) in [6.07, 6.45) is 4.70. The number of benzene rings is 2. The van der Waals surface area contributed by atoms with Gasteiger partial charge in [0.15, 0.2) is 0 Å². The van der Waals surface area contributed by atoms with E-state index in [2.05, 4.69) is 23.5 Å². The van der Waals surface area contributed by atoms with E-state index in [9.17, 15) is 19.5 Å². The molecule has 4 heterocycles. The van der Waals surface area contributed by atoms with Crippen LogP contribution in [0.3, 0.4) is 0 Å². The van der Waals surface area contributed by atoms with Crippen molar-refractivity contribution in [2.45, 2.75) is 69.6 Å². The smallest absolute Gasteiger partial charge is 0.250 e. The van der Waals surface area contributed by atoms with Crippen LogP contribution in [0.5, 0.6) is 0 Å². The van der Waals surface area contributed by atoms with E-state index < -0.39 is 35.1 Å². The molecule has 3 saturated heterocycles. The number of aliphatic hydroxyl groups excluding tert-OH is 1. The van der Waals surface area contributed by atoms with Gasteiger partial charge in [-0.2, -0.15) is 0 Å². The third-order valence-corrected chi connectivity index (χ3v) is 10.1. The maximum Gasteiger partial charge on any atom is 0.250 e. The average Bonchev–Trinajstić information content (AvgIpc) is 3.77. The van der Waals surface area contributed by atoms with Gasteiger partial charge in [0.2, 0.25) is 17.7 Å². The molecule has 6 atom stereocenters. The number of carbonyl (C=O) groups is 3. The van der Waals surface area contributed by atoms with E-state index in [4.69, 9.17) is 4.74 Å². The molecule has 6 rings (SSSR count). The molecular weight excluding hydrogens is 584 g/mol. The van der Waals surface area contributed by atoms with E-state index >= 15 is 0 Å². The molecule has 11 nitrogen and oxygen atoms in total. The van der Waals surface area contributed by atoms with Crippen LogP contribution in [-0.4, -0.2) is 95.5 Å². The van der Waals surface area contributed by atoms with Crippen LogP contribution in [0, 0.1) is 11.8 Å². The zero-order valence-corrected chi connectivity index (χ0v) is 26.5. The number of hydrogen-bond donors (Lipinski definition) is 1. The first-order valence-corrected chi connectivity index (χ1v) is 16.0. The minimum Gasteiger partial charge on any atom is -0.394 e. The highest BCUT2D eigenvalue weighted by Crippen LogP contribution is 2.64. The van der Waals surface area contributed by atoms with Crippen molar-refractivity contribution < 1.29 is 24.2 Å². The first-order chi connectivity index (χ1) is 22.2. The molecule has 1 N–H and O–H groups in total. The van der Waals surface area contributed by atoms with E-state index in [0.29, 0.717) is 37.9 Å². The molecule has 1 spiro atoms. The summed E-state index contributed by atoms with van der Waals surface area (Å²) in [6.45, 7) is 12.1. The Balaban J connectivity index is 1.39. The molecule has 2 unspecified atom stereocenters. The molecule has 11 heteroatoms. The monoisotopic (exact) mass is 626 g/mol. The molecule has 46 heavy (non-hydrogen) atoms. The quantitative estimate of drug-likeness (QED) is 0.290. The summed E-state index contributed by atoms with van der Waals surface area (Å²) in [7, 11) is 0. The number of rotatable bonds is 13. The van der Waals surface area contributed by atoms with E-state index in [-0.39, 0.29) is 37.5 Å². The van der Waals surface area contributed by atoms with Gasteiger partial charge in [-0.15, -0.1) is 18.3 Å². The summed E-state index contributed by atoms with van der Waals surface area (Å²) in [6, 6.07) is 15.5. The third-order valence-electron chi connectivity index (χ3n) is 10.1. The summed E-state index contributed by atoms with van der Waals surface area (Å²) in [5, 5.41) is 19.0. The van der Waals surface area contributed by atoms with E-state index in [1.54, 1.807) is 26.6 Å². The predicted molar refractivity (Wildman–Crippen MR) is 172 cm³/mol. The zero-order chi connectivity index (χ0) is 32.6. The van der Waals surface area contributed by atoms with Crippen LogP contribution >= 0.6 is 0 Å². The normalized spacial score (nSPS) is 27.1. The lowest BCUT2D eigenvalue weighted by Gasteiger charge is -2.39.